The lowest BCUT2D eigenvalue weighted by molar-refractivity contribution is 0.561. The van der Waals surface area contributed by atoms with Gasteiger partial charge in [0, 0.05) is 0 Å². The van der Waals surface area contributed by atoms with E-state index < -0.39 is 0 Å². The fourth-order valence-electron chi connectivity index (χ4n) is 2.16. The SMILES string of the molecule is CCCC(/C=C/CCCc1ccccc1)CC. The quantitative estimate of drug-likeness (QED) is 0.415. The second-order valence-corrected chi connectivity index (χ2v) is 4.76. The van der Waals surface area contributed by atoms with Crippen LogP contribution in [0.3, 0.4) is 0 Å². The van der Waals surface area contributed by atoms with Crippen LogP contribution < -0.4 is 0 Å². The summed E-state index contributed by atoms with van der Waals surface area (Å²) in [4.78, 5) is 0. The summed E-state index contributed by atoms with van der Waals surface area (Å²) in [5, 5.41) is 0. The third kappa shape index (κ3) is 6.31. The molecule has 0 radical (unpaired) electrons. The predicted molar refractivity (Wildman–Crippen MR) is 77.2 cm³/mol. The van der Waals surface area contributed by atoms with Crippen LogP contribution in [0.15, 0.2) is 42.5 Å². The summed E-state index contributed by atoms with van der Waals surface area (Å²) in [7, 11) is 0. The van der Waals surface area contributed by atoms with Crippen molar-refractivity contribution < 1.29 is 0 Å². The maximum absolute atomic E-state index is 2.43. The monoisotopic (exact) mass is 230 g/mol. The molecule has 0 saturated carbocycles. The van der Waals surface area contributed by atoms with E-state index in [-0.39, 0.29) is 0 Å². The molecule has 0 fully saturated rings. The summed E-state index contributed by atoms with van der Waals surface area (Å²) in [6, 6.07) is 10.8. The van der Waals surface area contributed by atoms with Crippen molar-refractivity contribution in [3.8, 4) is 0 Å². The van der Waals surface area contributed by atoms with Crippen molar-refractivity contribution >= 4 is 0 Å². The van der Waals surface area contributed by atoms with E-state index in [1.807, 2.05) is 0 Å². The molecule has 0 bridgehead atoms. The Hall–Kier alpha value is -1.04. The van der Waals surface area contributed by atoms with E-state index in [4.69, 9.17) is 0 Å². The van der Waals surface area contributed by atoms with Gasteiger partial charge in [0.2, 0.25) is 0 Å². The molecule has 0 N–H and O–H groups in total. The molecule has 17 heavy (non-hydrogen) atoms. The van der Waals surface area contributed by atoms with Crippen molar-refractivity contribution in [2.75, 3.05) is 0 Å². The van der Waals surface area contributed by atoms with E-state index in [1.165, 1.54) is 44.1 Å². The van der Waals surface area contributed by atoms with Crippen molar-refractivity contribution in [1.29, 1.82) is 0 Å². The van der Waals surface area contributed by atoms with Gasteiger partial charge in [-0.25, -0.2) is 0 Å². The highest BCUT2D eigenvalue weighted by Gasteiger charge is 1.98. The van der Waals surface area contributed by atoms with Crippen LogP contribution in [0, 0.1) is 5.92 Å². The maximum Gasteiger partial charge on any atom is -0.0236 e. The summed E-state index contributed by atoms with van der Waals surface area (Å²) in [6.07, 6.45) is 12.4. The molecule has 94 valence electrons. The molecule has 0 heterocycles. The van der Waals surface area contributed by atoms with E-state index in [0.717, 1.165) is 5.92 Å². The summed E-state index contributed by atoms with van der Waals surface area (Å²) in [5.74, 6) is 0.803. The van der Waals surface area contributed by atoms with E-state index >= 15 is 0 Å². The van der Waals surface area contributed by atoms with Gasteiger partial charge in [-0.1, -0.05) is 62.8 Å². The lowest BCUT2D eigenvalue weighted by Crippen LogP contribution is -1.92. The number of unbranched alkanes of at least 4 members (excludes halogenated alkanes) is 1. The molecule has 1 atom stereocenters. The fourth-order valence-corrected chi connectivity index (χ4v) is 2.16. The third-order valence-electron chi connectivity index (χ3n) is 3.27. The average molecular weight is 230 g/mol. The van der Waals surface area contributed by atoms with Crippen LogP contribution in [-0.4, -0.2) is 0 Å². The Balaban J connectivity index is 2.17. The first kappa shape index (κ1) is 14.0. The molecule has 0 saturated heterocycles. The highest BCUT2D eigenvalue weighted by molar-refractivity contribution is 5.14. The summed E-state index contributed by atoms with van der Waals surface area (Å²) < 4.78 is 0. The molecule has 1 aromatic carbocycles. The third-order valence-corrected chi connectivity index (χ3v) is 3.27. The second-order valence-electron chi connectivity index (χ2n) is 4.76. The molecule has 0 heteroatoms. The van der Waals surface area contributed by atoms with Gasteiger partial charge in [-0.2, -0.15) is 0 Å². The second kappa shape index (κ2) is 9.04. The zero-order chi connectivity index (χ0) is 12.3. The number of benzene rings is 1. The molecule has 0 spiro atoms. The maximum atomic E-state index is 2.43. The summed E-state index contributed by atoms with van der Waals surface area (Å²) >= 11 is 0. The van der Waals surface area contributed by atoms with E-state index in [0.29, 0.717) is 0 Å². The van der Waals surface area contributed by atoms with Crippen LogP contribution in [-0.2, 0) is 6.42 Å². The molecule has 1 aromatic rings. The number of hydrogen-bond donors (Lipinski definition) is 0. The molecule has 0 nitrogen and oxygen atoms in total. The predicted octanol–water partition coefficient (Wildman–Crippen LogP) is 5.39. The van der Waals surface area contributed by atoms with Gasteiger partial charge in [-0.05, 0) is 43.6 Å². The first-order valence-corrected chi connectivity index (χ1v) is 7.07. The van der Waals surface area contributed by atoms with Crippen molar-refractivity contribution in [2.45, 2.75) is 52.4 Å². The first-order valence-electron chi connectivity index (χ1n) is 7.07. The normalized spacial score (nSPS) is 13.1. The number of rotatable bonds is 8. The van der Waals surface area contributed by atoms with Gasteiger partial charge >= 0.3 is 0 Å². The minimum Gasteiger partial charge on any atom is -0.0882 e. The highest BCUT2D eigenvalue weighted by Crippen LogP contribution is 2.13. The Kier molecular flexibility index (Phi) is 7.46. The van der Waals surface area contributed by atoms with Crippen LogP contribution >= 0.6 is 0 Å². The molecular formula is C17H26. The molecule has 0 aliphatic rings. The van der Waals surface area contributed by atoms with Gasteiger partial charge in [0.05, 0.1) is 0 Å². The van der Waals surface area contributed by atoms with Gasteiger partial charge in [0.1, 0.15) is 0 Å². The minimum absolute atomic E-state index is 0.803. The molecule has 0 aliphatic carbocycles. The van der Waals surface area contributed by atoms with E-state index in [9.17, 15) is 0 Å². The Morgan fingerprint density at radius 2 is 1.88 bits per heavy atom. The standard InChI is InChI=1S/C17H26/c1-3-11-16(4-2)12-7-5-8-13-17-14-9-6-10-15-17/h6-7,9-10,12,14-16H,3-5,8,11,13H2,1-2H3/b12-7+. The molecule has 1 unspecified atom stereocenters. The lowest BCUT2D eigenvalue weighted by Gasteiger charge is -2.07. The molecule has 0 aromatic heterocycles. The van der Waals surface area contributed by atoms with Crippen LogP contribution in [0.1, 0.15) is 51.5 Å². The average Bonchev–Trinajstić information content (AvgIpc) is 2.38. The van der Waals surface area contributed by atoms with Gasteiger partial charge < -0.3 is 0 Å². The molecular weight excluding hydrogens is 204 g/mol. The van der Waals surface area contributed by atoms with Crippen molar-refractivity contribution in [3.63, 3.8) is 0 Å². The van der Waals surface area contributed by atoms with Gasteiger partial charge in [0.15, 0.2) is 0 Å². The minimum atomic E-state index is 0.803. The van der Waals surface area contributed by atoms with Crippen LogP contribution in [0.4, 0.5) is 0 Å². The molecule has 0 amide bonds. The number of allylic oxidation sites excluding steroid dienone is 2. The van der Waals surface area contributed by atoms with Crippen molar-refractivity contribution in [3.05, 3.63) is 48.0 Å². The number of hydrogen-bond acceptors (Lipinski definition) is 0. The topological polar surface area (TPSA) is 0 Å². The fraction of sp³-hybridized carbons (Fsp3) is 0.529. The van der Waals surface area contributed by atoms with Crippen LogP contribution in [0.25, 0.3) is 0 Å². The Morgan fingerprint density at radius 1 is 1.12 bits per heavy atom. The van der Waals surface area contributed by atoms with E-state index in [2.05, 4.69) is 56.3 Å². The highest BCUT2D eigenvalue weighted by atomic mass is 14.0. The zero-order valence-electron chi connectivity index (χ0n) is 11.4. The zero-order valence-corrected chi connectivity index (χ0v) is 11.4. The van der Waals surface area contributed by atoms with Crippen molar-refractivity contribution in [1.82, 2.24) is 0 Å². The van der Waals surface area contributed by atoms with Gasteiger partial charge in [0.25, 0.3) is 0 Å². The summed E-state index contributed by atoms with van der Waals surface area (Å²) in [5.41, 5.74) is 1.46. The lowest BCUT2D eigenvalue weighted by atomic mass is 9.99. The Labute approximate surface area is 107 Å². The summed E-state index contributed by atoms with van der Waals surface area (Å²) in [6.45, 7) is 4.56. The van der Waals surface area contributed by atoms with Crippen molar-refractivity contribution in [2.24, 2.45) is 5.92 Å². The smallest absolute Gasteiger partial charge is 0.0236 e. The van der Waals surface area contributed by atoms with Crippen LogP contribution in [0.2, 0.25) is 0 Å². The van der Waals surface area contributed by atoms with E-state index in [1.54, 1.807) is 0 Å². The van der Waals surface area contributed by atoms with Crippen LogP contribution in [0.5, 0.6) is 0 Å². The van der Waals surface area contributed by atoms with Gasteiger partial charge in [-0.3, -0.25) is 0 Å². The number of aryl methyl sites for hydroxylation is 1. The van der Waals surface area contributed by atoms with Gasteiger partial charge in [-0.15, -0.1) is 0 Å². The molecule has 0 aliphatic heterocycles. The Morgan fingerprint density at radius 3 is 2.53 bits per heavy atom. The molecule has 1 rings (SSSR count). The largest absolute Gasteiger partial charge is 0.0882 e. The Bertz CT molecular complexity index is 297. The first-order chi connectivity index (χ1) is 8.36.